The quantitative estimate of drug-likeness (QED) is 0.824. The zero-order valence-electron chi connectivity index (χ0n) is 10.9. The highest BCUT2D eigenvalue weighted by molar-refractivity contribution is 7.89. The van der Waals surface area contributed by atoms with Crippen LogP contribution in [-0.2, 0) is 16.4 Å². The first-order valence-electron chi connectivity index (χ1n) is 6.17. The summed E-state index contributed by atoms with van der Waals surface area (Å²) in [6, 6.07) is 7.79. The molecule has 1 aromatic carbocycles. The molecule has 0 saturated carbocycles. The van der Waals surface area contributed by atoms with Crippen LogP contribution in [0.25, 0.3) is 0 Å². The molecule has 0 fully saturated rings. The Labute approximate surface area is 109 Å². The number of aryl methyl sites for hydroxylation is 1. The van der Waals surface area contributed by atoms with E-state index in [2.05, 4.69) is 6.92 Å². The van der Waals surface area contributed by atoms with Gasteiger partial charge in [-0.2, -0.15) is 0 Å². The fourth-order valence-electron chi connectivity index (χ4n) is 1.76. The smallest absolute Gasteiger partial charge is 0.209 e. The van der Waals surface area contributed by atoms with Crippen molar-refractivity contribution >= 4 is 10.0 Å². The highest BCUT2D eigenvalue weighted by atomic mass is 32.2. The molecule has 0 radical (unpaired) electrons. The van der Waals surface area contributed by atoms with Crippen LogP contribution in [0.15, 0.2) is 24.3 Å². The lowest BCUT2D eigenvalue weighted by Crippen LogP contribution is -2.26. The van der Waals surface area contributed by atoms with Crippen LogP contribution in [0.2, 0.25) is 0 Å². The zero-order valence-corrected chi connectivity index (χ0v) is 11.7. The van der Waals surface area contributed by atoms with E-state index < -0.39 is 10.0 Å². The Kier molecular flexibility index (Phi) is 5.62. The Morgan fingerprint density at radius 3 is 2.50 bits per heavy atom. The van der Waals surface area contributed by atoms with Gasteiger partial charge < -0.3 is 4.74 Å². The molecule has 1 rings (SSSR count). The summed E-state index contributed by atoms with van der Waals surface area (Å²) in [5.74, 6) is 0.732. The Hall–Kier alpha value is -1.07. The number of hydrogen-bond donors (Lipinski definition) is 1. The lowest BCUT2D eigenvalue weighted by atomic mass is 10.1. The van der Waals surface area contributed by atoms with Gasteiger partial charge in [-0.3, -0.25) is 0 Å². The van der Waals surface area contributed by atoms with Gasteiger partial charge >= 0.3 is 0 Å². The van der Waals surface area contributed by atoms with Crippen LogP contribution < -0.4 is 9.88 Å². The highest BCUT2D eigenvalue weighted by Gasteiger charge is 2.15. The summed E-state index contributed by atoms with van der Waals surface area (Å²) in [6.07, 6.45) is 1.62. The molecule has 0 heterocycles. The van der Waals surface area contributed by atoms with Gasteiger partial charge in [-0.15, -0.1) is 0 Å². The number of ether oxygens (including phenoxy) is 1. The lowest BCUT2D eigenvalue weighted by molar-refractivity contribution is 0.255. The summed E-state index contributed by atoms with van der Waals surface area (Å²) in [5, 5.41) is 5.05. The first-order valence-corrected chi connectivity index (χ1v) is 7.89. The van der Waals surface area contributed by atoms with Gasteiger partial charge in [0.05, 0.1) is 12.4 Å². The maximum Gasteiger partial charge on any atom is 0.209 e. The minimum absolute atomic E-state index is 0.0300. The van der Waals surface area contributed by atoms with Crippen molar-refractivity contribution in [1.29, 1.82) is 0 Å². The highest BCUT2D eigenvalue weighted by Crippen LogP contribution is 2.19. The number of rotatable bonds is 7. The molecule has 0 bridgehead atoms. The SMILES string of the molecule is CCc1ccccc1OCC(CC)CS(N)(=O)=O. The monoisotopic (exact) mass is 271 g/mol. The van der Waals surface area contributed by atoms with Crippen LogP contribution in [0.1, 0.15) is 25.8 Å². The molecule has 1 aromatic rings. The van der Waals surface area contributed by atoms with E-state index in [0.29, 0.717) is 6.61 Å². The molecule has 0 spiro atoms. The summed E-state index contributed by atoms with van der Waals surface area (Å²) in [6.45, 7) is 4.37. The number of para-hydroxylation sites is 1. The summed E-state index contributed by atoms with van der Waals surface area (Å²) in [4.78, 5) is 0. The number of benzene rings is 1. The van der Waals surface area contributed by atoms with Crippen molar-refractivity contribution in [3.63, 3.8) is 0 Å². The molecule has 0 saturated heterocycles. The van der Waals surface area contributed by atoms with Crippen molar-refractivity contribution in [2.45, 2.75) is 26.7 Å². The third-order valence-electron chi connectivity index (χ3n) is 2.87. The summed E-state index contributed by atoms with van der Waals surface area (Å²) in [5.41, 5.74) is 1.13. The van der Waals surface area contributed by atoms with E-state index in [-0.39, 0.29) is 11.7 Å². The van der Waals surface area contributed by atoms with E-state index in [9.17, 15) is 8.42 Å². The number of nitrogens with two attached hydrogens (primary N) is 1. The fraction of sp³-hybridized carbons (Fsp3) is 0.538. The minimum Gasteiger partial charge on any atom is -0.493 e. The zero-order chi connectivity index (χ0) is 13.6. The van der Waals surface area contributed by atoms with Gasteiger partial charge in [0.1, 0.15) is 5.75 Å². The third kappa shape index (κ3) is 5.06. The molecule has 0 amide bonds. The first-order chi connectivity index (χ1) is 8.46. The molecule has 1 unspecified atom stereocenters. The molecular weight excluding hydrogens is 250 g/mol. The Morgan fingerprint density at radius 2 is 1.94 bits per heavy atom. The van der Waals surface area contributed by atoms with Crippen LogP contribution >= 0.6 is 0 Å². The van der Waals surface area contributed by atoms with Crippen LogP contribution in [0.4, 0.5) is 0 Å². The number of primary sulfonamides is 1. The van der Waals surface area contributed by atoms with Gasteiger partial charge in [0.25, 0.3) is 0 Å². The molecule has 5 heteroatoms. The standard InChI is InChI=1S/C13H21NO3S/c1-3-11(10-18(14,15)16)9-17-13-8-6-5-7-12(13)4-2/h5-8,11H,3-4,9-10H2,1-2H3,(H2,14,15,16). The predicted molar refractivity (Wildman–Crippen MR) is 73.1 cm³/mol. The molecule has 0 aliphatic carbocycles. The van der Waals surface area contributed by atoms with E-state index in [1.165, 1.54) is 0 Å². The van der Waals surface area contributed by atoms with Crippen LogP contribution in [0.5, 0.6) is 5.75 Å². The fourth-order valence-corrected chi connectivity index (χ4v) is 2.75. The van der Waals surface area contributed by atoms with Gasteiger partial charge in [0.2, 0.25) is 10.0 Å². The van der Waals surface area contributed by atoms with Crippen molar-refractivity contribution in [3.05, 3.63) is 29.8 Å². The largest absolute Gasteiger partial charge is 0.493 e. The molecule has 0 aliphatic heterocycles. The molecule has 102 valence electrons. The third-order valence-corrected chi connectivity index (χ3v) is 3.81. The Bertz CT molecular complexity index is 471. The Balaban J connectivity index is 2.62. The second-order valence-electron chi connectivity index (χ2n) is 4.38. The van der Waals surface area contributed by atoms with E-state index in [0.717, 1.165) is 24.2 Å². The average molecular weight is 271 g/mol. The van der Waals surface area contributed by atoms with Crippen molar-refractivity contribution in [3.8, 4) is 5.75 Å². The van der Waals surface area contributed by atoms with Gasteiger partial charge in [-0.1, -0.05) is 32.0 Å². The van der Waals surface area contributed by atoms with Gasteiger partial charge in [0, 0.05) is 5.92 Å². The molecule has 2 N–H and O–H groups in total. The average Bonchev–Trinajstić information content (AvgIpc) is 2.33. The predicted octanol–water partition coefficient (Wildman–Crippen LogP) is 1.94. The van der Waals surface area contributed by atoms with Crippen molar-refractivity contribution < 1.29 is 13.2 Å². The maximum absolute atomic E-state index is 11.1. The van der Waals surface area contributed by atoms with Gasteiger partial charge in [-0.05, 0) is 24.5 Å². The van der Waals surface area contributed by atoms with Gasteiger partial charge in [-0.25, -0.2) is 13.6 Å². The summed E-state index contributed by atoms with van der Waals surface area (Å²) < 4.78 is 27.8. The second kappa shape index (κ2) is 6.75. The van der Waals surface area contributed by atoms with E-state index in [1.54, 1.807) is 0 Å². The lowest BCUT2D eigenvalue weighted by Gasteiger charge is -2.16. The van der Waals surface area contributed by atoms with Crippen molar-refractivity contribution in [2.24, 2.45) is 11.1 Å². The second-order valence-corrected chi connectivity index (χ2v) is 6.04. The topological polar surface area (TPSA) is 69.4 Å². The maximum atomic E-state index is 11.1. The van der Waals surface area contributed by atoms with Crippen LogP contribution in [-0.4, -0.2) is 20.8 Å². The molecule has 18 heavy (non-hydrogen) atoms. The Morgan fingerprint density at radius 1 is 1.28 bits per heavy atom. The van der Waals surface area contributed by atoms with E-state index in [1.807, 2.05) is 31.2 Å². The van der Waals surface area contributed by atoms with Crippen molar-refractivity contribution in [2.75, 3.05) is 12.4 Å². The van der Waals surface area contributed by atoms with Crippen LogP contribution in [0, 0.1) is 5.92 Å². The molecule has 0 aliphatic rings. The van der Waals surface area contributed by atoms with Crippen LogP contribution in [0.3, 0.4) is 0 Å². The van der Waals surface area contributed by atoms with E-state index >= 15 is 0 Å². The molecular formula is C13H21NO3S. The number of sulfonamides is 1. The normalized spacial score (nSPS) is 13.3. The number of hydrogen-bond acceptors (Lipinski definition) is 3. The molecule has 4 nitrogen and oxygen atoms in total. The first kappa shape index (κ1) is 15.0. The minimum atomic E-state index is -3.44. The van der Waals surface area contributed by atoms with Crippen molar-refractivity contribution in [1.82, 2.24) is 0 Å². The summed E-state index contributed by atoms with van der Waals surface area (Å²) in [7, 11) is -3.44. The molecule has 1 atom stereocenters. The molecule has 0 aromatic heterocycles. The summed E-state index contributed by atoms with van der Waals surface area (Å²) >= 11 is 0. The van der Waals surface area contributed by atoms with Gasteiger partial charge in [0.15, 0.2) is 0 Å². The van der Waals surface area contributed by atoms with E-state index in [4.69, 9.17) is 9.88 Å².